The van der Waals surface area contributed by atoms with Gasteiger partial charge in [-0.25, -0.2) is 9.59 Å². The van der Waals surface area contributed by atoms with Crippen molar-refractivity contribution in [1.82, 2.24) is 0 Å². The zero-order chi connectivity index (χ0) is 29.3. The maximum absolute atomic E-state index is 14.8. The summed E-state index contributed by atoms with van der Waals surface area (Å²) < 4.78 is 12.1. The van der Waals surface area contributed by atoms with Gasteiger partial charge in [0.05, 0.1) is 23.1 Å². The second-order valence-electron chi connectivity index (χ2n) is 12.8. The highest BCUT2D eigenvalue weighted by atomic mass is 16.6. The highest BCUT2D eigenvalue weighted by molar-refractivity contribution is 5.96. The topological polar surface area (TPSA) is 110 Å². The lowest BCUT2D eigenvalue weighted by molar-refractivity contribution is -0.191. The van der Waals surface area contributed by atoms with Crippen molar-refractivity contribution < 1.29 is 34.1 Å². The monoisotopic (exact) mass is 556 g/mol. The second-order valence-corrected chi connectivity index (χ2v) is 12.8. The van der Waals surface area contributed by atoms with Crippen molar-refractivity contribution in [2.75, 3.05) is 6.61 Å². The number of Topliss-reactive ketones (excluding diaryl/α,β-unsaturated/α-hetero) is 1. The zero-order valence-electron chi connectivity index (χ0n) is 23.7. The van der Waals surface area contributed by atoms with E-state index in [-0.39, 0.29) is 45.7 Å². The molecule has 7 heteroatoms. The number of esters is 2. The summed E-state index contributed by atoms with van der Waals surface area (Å²) in [7, 11) is 0. The lowest BCUT2D eigenvalue weighted by atomic mass is 9.59. The summed E-state index contributed by atoms with van der Waals surface area (Å²) >= 11 is 0. The third-order valence-electron chi connectivity index (χ3n) is 10.3. The van der Waals surface area contributed by atoms with E-state index in [0.717, 1.165) is 0 Å². The first-order chi connectivity index (χ1) is 19.5. The zero-order valence-corrected chi connectivity index (χ0v) is 23.7. The van der Waals surface area contributed by atoms with Gasteiger partial charge >= 0.3 is 11.9 Å². The standard InChI is InChI=1S/C34H36O7/c1-19-17-33-20(2)15-25-26(32(25,3)4)24(27(33)36)16-23(18-35)29(41-31(38)22-13-9-6-10-14-22)34(33,39)28(19)40-30(37)21-11-7-5-8-12-21/h5-14,16-17,20,24-26,28-29,35,39H,15,18H2,1-4H3/t20-,24+,25-,26+,28+,29-,33+,34-/m1/s1. The predicted molar refractivity (Wildman–Crippen MR) is 151 cm³/mol. The van der Waals surface area contributed by atoms with Crippen LogP contribution in [0.5, 0.6) is 0 Å². The van der Waals surface area contributed by atoms with Crippen LogP contribution in [0.15, 0.2) is 84.0 Å². The summed E-state index contributed by atoms with van der Waals surface area (Å²) in [6, 6.07) is 16.8. The number of hydrogen-bond donors (Lipinski definition) is 2. The molecule has 0 aliphatic heterocycles. The molecule has 0 amide bonds. The van der Waals surface area contributed by atoms with Crippen LogP contribution in [0.3, 0.4) is 0 Å². The Morgan fingerprint density at radius 3 is 2.00 bits per heavy atom. The van der Waals surface area contributed by atoms with Crippen molar-refractivity contribution in [3.63, 3.8) is 0 Å². The molecule has 0 aromatic heterocycles. The summed E-state index contributed by atoms with van der Waals surface area (Å²) in [5.74, 6) is -2.27. The Balaban J connectivity index is 1.53. The molecule has 1 spiro atoms. The minimum atomic E-state index is -2.19. The molecular weight excluding hydrogens is 520 g/mol. The SMILES string of the molecule is CC1=C[C@]23C(=O)[C@@H](C=C(CO)[C@@H](OC(=O)c4ccccc4)[C@]2(O)[C@H]1OC(=O)c1ccccc1)[C@H]1[C@@H](C[C@H]3C)C1(C)C. The number of aliphatic hydroxyl groups excluding tert-OH is 1. The fraction of sp³-hybridized carbons (Fsp3) is 0.441. The van der Waals surface area contributed by atoms with Crippen LogP contribution in [-0.2, 0) is 14.3 Å². The molecular formula is C34H36O7. The normalized spacial score (nSPS) is 36.5. The van der Waals surface area contributed by atoms with Gasteiger partial charge in [-0.1, -0.05) is 69.3 Å². The van der Waals surface area contributed by atoms with Gasteiger partial charge in [-0.15, -0.1) is 0 Å². The van der Waals surface area contributed by atoms with Crippen LogP contribution in [0.25, 0.3) is 0 Å². The predicted octanol–water partition coefficient (Wildman–Crippen LogP) is 4.54. The van der Waals surface area contributed by atoms with Gasteiger partial charge in [0.1, 0.15) is 0 Å². The molecule has 41 heavy (non-hydrogen) atoms. The van der Waals surface area contributed by atoms with Crippen molar-refractivity contribution in [2.24, 2.45) is 34.5 Å². The Bertz CT molecular complexity index is 1460. The second kappa shape index (κ2) is 9.50. The number of benzene rings is 2. The molecule has 2 fully saturated rings. The number of hydrogen-bond acceptors (Lipinski definition) is 7. The minimum Gasteiger partial charge on any atom is -0.451 e. The first-order valence-electron chi connectivity index (χ1n) is 14.3. The minimum absolute atomic E-state index is 0.0193. The molecule has 2 aromatic carbocycles. The summed E-state index contributed by atoms with van der Waals surface area (Å²) in [4.78, 5) is 41.7. The molecule has 7 nitrogen and oxygen atoms in total. The van der Waals surface area contributed by atoms with Crippen LogP contribution in [0.4, 0.5) is 0 Å². The number of aliphatic hydroxyl groups is 2. The van der Waals surface area contributed by atoms with Crippen LogP contribution < -0.4 is 0 Å². The summed E-state index contributed by atoms with van der Waals surface area (Å²) in [5, 5.41) is 23.8. The summed E-state index contributed by atoms with van der Waals surface area (Å²) in [6.45, 7) is 7.43. The molecule has 2 saturated carbocycles. The number of fused-ring (bicyclic) bond motifs is 3. The molecule has 8 atom stereocenters. The van der Waals surface area contributed by atoms with Crippen LogP contribution in [0.2, 0.25) is 0 Å². The van der Waals surface area contributed by atoms with E-state index in [1.54, 1.807) is 79.7 Å². The third kappa shape index (κ3) is 3.82. The number of allylic oxidation sites excluding steroid dienone is 1. The number of ketones is 1. The van der Waals surface area contributed by atoms with E-state index in [1.807, 2.05) is 6.92 Å². The van der Waals surface area contributed by atoms with Crippen LogP contribution in [0.1, 0.15) is 54.8 Å². The first-order valence-corrected chi connectivity index (χ1v) is 14.3. The molecule has 4 aliphatic carbocycles. The smallest absolute Gasteiger partial charge is 0.338 e. The Kier molecular flexibility index (Phi) is 6.40. The first kappa shape index (κ1) is 27.6. The van der Waals surface area contributed by atoms with Gasteiger partial charge < -0.3 is 19.7 Å². The van der Waals surface area contributed by atoms with Gasteiger partial charge in [0.15, 0.2) is 23.6 Å². The molecule has 0 radical (unpaired) electrons. The Labute approximate surface area is 239 Å². The Morgan fingerprint density at radius 2 is 1.46 bits per heavy atom. The van der Waals surface area contributed by atoms with E-state index in [0.29, 0.717) is 12.0 Å². The van der Waals surface area contributed by atoms with E-state index >= 15 is 0 Å². The molecule has 0 saturated heterocycles. The largest absolute Gasteiger partial charge is 0.451 e. The maximum atomic E-state index is 14.8. The van der Waals surface area contributed by atoms with Crippen molar-refractivity contribution in [2.45, 2.75) is 51.9 Å². The molecule has 0 heterocycles. The fourth-order valence-corrected chi connectivity index (χ4v) is 8.24. The summed E-state index contributed by atoms with van der Waals surface area (Å²) in [5.41, 5.74) is -2.51. The molecule has 6 rings (SSSR count). The van der Waals surface area contributed by atoms with Gasteiger partial charge in [0.25, 0.3) is 0 Å². The quantitative estimate of drug-likeness (QED) is 0.411. The van der Waals surface area contributed by atoms with E-state index in [1.165, 1.54) is 0 Å². The van der Waals surface area contributed by atoms with Crippen LogP contribution >= 0.6 is 0 Å². The molecule has 2 bridgehead atoms. The van der Waals surface area contributed by atoms with Gasteiger partial charge in [-0.2, -0.15) is 0 Å². The molecule has 4 aliphatic rings. The van der Waals surface area contributed by atoms with Gasteiger partial charge in [-0.05, 0) is 71.9 Å². The number of carbonyl (C=O) groups is 3. The maximum Gasteiger partial charge on any atom is 0.338 e. The number of carbonyl (C=O) groups excluding carboxylic acids is 3. The lowest BCUT2D eigenvalue weighted by Crippen LogP contribution is -2.66. The van der Waals surface area contributed by atoms with Crippen molar-refractivity contribution in [1.29, 1.82) is 0 Å². The van der Waals surface area contributed by atoms with E-state index < -0.39 is 47.7 Å². The lowest BCUT2D eigenvalue weighted by Gasteiger charge is -2.49. The number of rotatable bonds is 5. The summed E-state index contributed by atoms with van der Waals surface area (Å²) in [6.07, 6.45) is 1.40. The highest BCUT2D eigenvalue weighted by Gasteiger charge is 2.77. The fourth-order valence-electron chi connectivity index (χ4n) is 8.24. The average Bonchev–Trinajstić information content (AvgIpc) is 3.46. The highest BCUT2D eigenvalue weighted by Crippen LogP contribution is 2.72. The van der Waals surface area contributed by atoms with Crippen molar-refractivity contribution in [3.8, 4) is 0 Å². The van der Waals surface area contributed by atoms with E-state index in [4.69, 9.17) is 9.47 Å². The Hall–Kier alpha value is -3.55. The van der Waals surface area contributed by atoms with Gasteiger partial charge in [-0.3, -0.25) is 4.79 Å². The third-order valence-corrected chi connectivity index (χ3v) is 10.3. The van der Waals surface area contributed by atoms with Crippen molar-refractivity contribution >= 4 is 17.7 Å². The average molecular weight is 557 g/mol. The van der Waals surface area contributed by atoms with E-state index in [9.17, 15) is 24.6 Å². The van der Waals surface area contributed by atoms with Crippen LogP contribution in [0, 0.1) is 34.5 Å². The molecule has 2 N–H and O–H groups in total. The van der Waals surface area contributed by atoms with E-state index in [2.05, 4.69) is 13.8 Å². The molecule has 0 unspecified atom stereocenters. The van der Waals surface area contributed by atoms with Crippen molar-refractivity contribution in [3.05, 3.63) is 95.1 Å². The van der Waals surface area contributed by atoms with Gasteiger partial charge in [0.2, 0.25) is 0 Å². The number of ether oxygens (including phenoxy) is 2. The van der Waals surface area contributed by atoms with Crippen LogP contribution in [-0.4, -0.2) is 52.4 Å². The molecule has 2 aromatic rings. The van der Waals surface area contributed by atoms with Gasteiger partial charge in [0, 0.05) is 5.92 Å². The molecule has 214 valence electrons. The Morgan fingerprint density at radius 1 is 0.927 bits per heavy atom.